The van der Waals surface area contributed by atoms with Gasteiger partial charge in [-0.3, -0.25) is 4.98 Å². The zero-order valence-electron chi connectivity index (χ0n) is 13.4. The lowest BCUT2D eigenvalue weighted by atomic mass is 9.92. The summed E-state index contributed by atoms with van der Waals surface area (Å²) in [5.74, 6) is 0. The summed E-state index contributed by atoms with van der Waals surface area (Å²) in [6, 6.07) is 27.9. The second-order valence-electron chi connectivity index (χ2n) is 6.19. The Morgan fingerprint density at radius 1 is 0.600 bits per heavy atom. The van der Waals surface area contributed by atoms with Crippen LogP contribution in [0.15, 0.2) is 89.5 Å². The summed E-state index contributed by atoms with van der Waals surface area (Å²) in [6.07, 6.45) is 1.85. The van der Waals surface area contributed by atoms with Crippen molar-refractivity contribution in [3.63, 3.8) is 0 Å². The van der Waals surface area contributed by atoms with Gasteiger partial charge in [0.2, 0.25) is 0 Å². The Kier molecular flexibility index (Phi) is 3.32. The van der Waals surface area contributed by atoms with Crippen LogP contribution in [0.1, 0.15) is 0 Å². The largest absolute Gasteiger partial charge is 0.255 e. The van der Waals surface area contributed by atoms with Crippen LogP contribution >= 0.6 is 15.9 Å². The van der Waals surface area contributed by atoms with Gasteiger partial charge in [-0.2, -0.15) is 0 Å². The molecule has 0 atom stereocenters. The number of halogens is 1. The molecule has 0 unspecified atom stereocenters. The van der Waals surface area contributed by atoms with E-state index in [1.54, 1.807) is 0 Å². The van der Waals surface area contributed by atoms with E-state index < -0.39 is 0 Å². The summed E-state index contributed by atoms with van der Waals surface area (Å²) >= 11 is 3.67. The maximum atomic E-state index is 4.64. The molecule has 0 aliphatic carbocycles. The predicted molar refractivity (Wildman–Crippen MR) is 110 cm³/mol. The van der Waals surface area contributed by atoms with Crippen LogP contribution in [0.3, 0.4) is 0 Å². The van der Waals surface area contributed by atoms with Gasteiger partial charge in [-0.15, -0.1) is 0 Å². The van der Waals surface area contributed by atoms with Gasteiger partial charge in [0, 0.05) is 16.2 Å². The number of pyridine rings is 1. The van der Waals surface area contributed by atoms with Crippen LogP contribution in [-0.2, 0) is 0 Å². The lowest BCUT2D eigenvalue weighted by Crippen LogP contribution is -1.89. The summed E-state index contributed by atoms with van der Waals surface area (Å²) in [7, 11) is 0. The van der Waals surface area contributed by atoms with Crippen LogP contribution in [0.25, 0.3) is 43.6 Å². The molecular formula is C23H14BrN. The fraction of sp³-hybridized carbons (Fsp3) is 0. The predicted octanol–water partition coefficient (Wildman–Crippen LogP) is 6.97. The van der Waals surface area contributed by atoms with E-state index in [0.717, 1.165) is 15.7 Å². The molecule has 1 nitrogen and oxygen atoms in total. The van der Waals surface area contributed by atoms with Gasteiger partial charge in [0.25, 0.3) is 0 Å². The fourth-order valence-electron chi connectivity index (χ4n) is 3.64. The molecule has 2 heteroatoms. The minimum absolute atomic E-state index is 0.980. The topological polar surface area (TPSA) is 12.9 Å². The molecule has 0 saturated carbocycles. The quantitative estimate of drug-likeness (QED) is 0.284. The standard InChI is InChI=1S/C23H14BrN/c24-22-10-5-13-25-23(22)21-14-20-16-7-2-1-6-15(16)11-12-19(20)17-8-3-4-9-18(17)21/h1-14H. The van der Waals surface area contributed by atoms with E-state index >= 15 is 0 Å². The van der Waals surface area contributed by atoms with Crippen molar-refractivity contribution in [2.45, 2.75) is 0 Å². The zero-order valence-corrected chi connectivity index (χ0v) is 15.0. The van der Waals surface area contributed by atoms with Crippen molar-refractivity contribution in [3.05, 3.63) is 89.5 Å². The Hall–Kier alpha value is -2.71. The average molecular weight is 384 g/mol. The first-order valence-electron chi connectivity index (χ1n) is 8.27. The van der Waals surface area contributed by atoms with E-state index in [0.29, 0.717) is 0 Å². The van der Waals surface area contributed by atoms with E-state index in [1.807, 2.05) is 18.3 Å². The molecule has 0 saturated heterocycles. The van der Waals surface area contributed by atoms with Crippen molar-refractivity contribution in [1.29, 1.82) is 0 Å². The molecule has 5 aromatic rings. The lowest BCUT2D eigenvalue weighted by Gasteiger charge is -2.13. The molecule has 118 valence electrons. The molecule has 0 spiro atoms. The molecule has 25 heavy (non-hydrogen) atoms. The van der Waals surface area contributed by atoms with Crippen LogP contribution in [0, 0.1) is 0 Å². The van der Waals surface area contributed by atoms with Crippen LogP contribution in [0.4, 0.5) is 0 Å². The molecule has 0 amide bonds. The number of benzene rings is 4. The maximum Gasteiger partial charge on any atom is 0.0850 e. The average Bonchev–Trinajstić information content (AvgIpc) is 2.67. The van der Waals surface area contributed by atoms with Crippen LogP contribution in [-0.4, -0.2) is 4.98 Å². The zero-order chi connectivity index (χ0) is 16.8. The van der Waals surface area contributed by atoms with E-state index in [1.165, 1.54) is 32.3 Å². The third-order valence-electron chi connectivity index (χ3n) is 4.78. The van der Waals surface area contributed by atoms with Crippen molar-refractivity contribution < 1.29 is 0 Å². The highest BCUT2D eigenvalue weighted by atomic mass is 79.9. The second-order valence-corrected chi connectivity index (χ2v) is 7.04. The summed E-state index contributed by atoms with van der Waals surface area (Å²) in [5, 5.41) is 7.58. The van der Waals surface area contributed by atoms with Gasteiger partial charge in [-0.25, -0.2) is 0 Å². The van der Waals surface area contributed by atoms with Crippen LogP contribution in [0.2, 0.25) is 0 Å². The third kappa shape index (κ3) is 2.25. The number of hydrogen-bond acceptors (Lipinski definition) is 1. The Balaban J connectivity index is 2.03. The molecule has 0 bridgehead atoms. The Bertz CT molecular complexity index is 1260. The van der Waals surface area contributed by atoms with Crippen molar-refractivity contribution in [3.8, 4) is 11.3 Å². The van der Waals surface area contributed by atoms with Gasteiger partial charge in [0.05, 0.1) is 5.69 Å². The SMILES string of the molecule is Brc1cccnc1-c1cc2c3ccccc3ccc2c2ccccc12. The molecule has 0 fully saturated rings. The van der Waals surface area contributed by atoms with E-state index in [9.17, 15) is 0 Å². The fourth-order valence-corrected chi connectivity index (χ4v) is 4.11. The minimum Gasteiger partial charge on any atom is -0.255 e. The molecule has 5 rings (SSSR count). The second kappa shape index (κ2) is 5.68. The highest BCUT2D eigenvalue weighted by molar-refractivity contribution is 9.10. The summed E-state index contributed by atoms with van der Waals surface area (Å²) in [5.41, 5.74) is 2.14. The molecule has 4 aromatic carbocycles. The molecular weight excluding hydrogens is 370 g/mol. The van der Waals surface area contributed by atoms with Crippen molar-refractivity contribution in [1.82, 2.24) is 4.98 Å². The van der Waals surface area contributed by atoms with Gasteiger partial charge in [-0.1, -0.05) is 60.7 Å². The summed E-state index contributed by atoms with van der Waals surface area (Å²) < 4.78 is 1.01. The normalized spacial score (nSPS) is 11.4. The smallest absolute Gasteiger partial charge is 0.0850 e. The Labute approximate surface area is 154 Å². The monoisotopic (exact) mass is 383 g/mol. The number of hydrogen-bond donors (Lipinski definition) is 0. The first-order chi connectivity index (χ1) is 12.3. The Morgan fingerprint density at radius 3 is 2.16 bits per heavy atom. The van der Waals surface area contributed by atoms with E-state index in [-0.39, 0.29) is 0 Å². The van der Waals surface area contributed by atoms with Crippen molar-refractivity contribution >= 4 is 48.2 Å². The summed E-state index contributed by atoms with van der Waals surface area (Å²) in [6.45, 7) is 0. The molecule has 0 aliphatic heterocycles. The number of fused-ring (bicyclic) bond motifs is 5. The van der Waals surface area contributed by atoms with Crippen LogP contribution in [0.5, 0.6) is 0 Å². The number of nitrogens with zero attached hydrogens (tertiary/aromatic N) is 1. The van der Waals surface area contributed by atoms with Gasteiger partial charge in [0.15, 0.2) is 0 Å². The maximum absolute atomic E-state index is 4.64. The molecule has 1 aromatic heterocycles. The van der Waals surface area contributed by atoms with E-state index in [2.05, 4.69) is 87.6 Å². The molecule has 0 aliphatic rings. The number of rotatable bonds is 1. The first-order valence-corrected chi connectivity index (χ1v) is 9.06. The minimum atomic E-state index is 0.980. The van der Waals surface area contributed by atoms with Crippen molar-refractivity contribution in [2.24, 2.45) is 0 Å². The van der Waals surface area contributed by atoms with E-state index in [4.69, 9.17) is 0 Å². The summed E-state index contributed by atoms with van der Waals surface area (Å²) in [4.78, 5) is 4.64. The highest BCUT2D eigenvalue weighted by Gasteiger charge is 2.13. The van der Waals surface area contributed by atoms with Gasteiger partial charge < -0.3 is 0 Å². The van der Waals surface area contributed by atoms with Gasteiger partial charge in [-0.05, 0) is 66.4 Å². The molecule has 1 heterocycles. The first kappa shape index (κ1) is 14.6. The molecule has 0 N–H and O–H groups in total. The Morgan fingerprint density at radius 2 is 1.32 bits per heavy atom. The van der Waals surface area contributed by atoms with Gasteiger partial charge >= 0.3 is 0 Å². The number of aromatic nitrogens is 1. The van der Waals surface area contributed by atoms with Crippen molar-refractivity contribution in [2.75, 3.05) is 0 Å². The lowest BCUT2D eigenvalue weighted by molar-refractivity contribution is 1.32. The van der Waals surface area contributed by atoms with Gasteiger partial charge in [0.1, 0.15) is 0 Å². The third-order valence-corrected chi connectivity index (χ3v) is 5.42. The highest BCUT2D eigenvalue weighted by Crippen LogP contribution is 2.39. The molecule has 0 radical (unpaired) electrons. The van der Waals surface area contributed by atoms with Crippen LogP contribution < -0.4 is 0 Å².